The molecule has 1 atom stereocenters. The molecule has 0 spiro atoms. The molecule has 8 nitrogen and oxygen atoms in total. The van der Waals surface area contributed by atoms with Crippen LogP contribution in [0.4, 0.5) is 5.69 Å². The van der Waals surface area contributed by atoms with Crippen LogP contribution >= 0.6 is 0 Å². The van der Waals surface area contributed by atoms with Crippen molar-refractivity contribution >= 4 is 21.6 Å². The van der Waals surface area contributed by atoms with E-state index in [0.717, 1.165) is 5.56 Å². The minimum Gasteiger partial charge on any atom is -0.467 e. The third-order valence-electron chi connectivity index (χ3n) is 5.73. The Balaban J connectivity index is 1.39. The van der Waals surface area contributed by atoms with Gasteiger partial charge in [-0.25, -0.2) is 8.42 Å². The highest BCUT2D eigenvalue weighted by Gasteiger charge is 2.37. The van der Waals surface area contributed by atoms with Crippen LogP contribution in [-0.2, 0) is 21.3 Å². The molecule has 0 unspecified atom stereocenters. The van der Waals surface area contributed by atoms with E-state index in [2.05, 4.69) is 5.32 Å². The second kappa shape index (κ2) is 8.42. The Bertz CT molecular complexity index is 1200. The Morgan fingerprint density at radius 1 is 0.969 bits per heavy atom. The summed E-state index contributed by atoms with van der Waals surface area (Å²) in [4.78, 5) is 15.0. The summed E-state index contributed by atoms with van der Waals surface area (Å²) in [5.74, 6) is 0.603. The molecule has 1 saturated heterocycles. The van der Waals surface area contributed by atoms with Gasteiger partial charge in [0.05, 0.1) is 30.9 Å². The first-order valence-electron chi connectivity index (χ1n) is 10.4. The summed E-state index contributed by atoms with van der Waals surface area (Å²) in [6.07, 6.45) is 1.18. The average Bonchev–Trinajstić information content (AvgIpc) is 3.43. The molecule has 2 aromatic carbocycles. The van der Waals surface area contributed by atoms with Gasteiger partial charge >= 0.3 is 0 Å². The van der Waals surface area contributed by atoms with Crippen LogP contribution in [-0.4, -0.2) is 49.8 Å². The molecule has 3 aromatic rings. The van der Waals surface area contributed by atoms with E-state index in [-0.39, 0.29) is 10.8 Å². The summed E-state index contributed by atoms with van der Waals surface area (Å²) in [6, 6.07) is 17.7. The van der Waals surface area contributed by atoms with E-state index in [1.165, 1.54) is 4.31 Å². The van der Waals surface area contributed by atoms with Crippen molar-refractivity contribution in [1.82, 2.24) is 9.21 Å². The first-order chi connectivity index (χ1) is 15.5. The van der Waals surface area contributed by atoms with Gasteiger partial charge in [0.1, 0.15) is 11.9 Å². The first kappa shape index (κ1) is 20.7. The number of furan rings is 1. The highest BCUT2D eigenvalue weighted by atomic mass is 32.2. The van der Waals surface area contributed by atoms with Crippen molar-refractivity contribution in [2.75, 3.05) is 31.6 Å². The van der Waals surface area contributed by atoms with Gasteiger partial charge < -0.3 is 19.4 Å². The van der Waals surface area contributed by atoms with Gasteiger partial charge in [0.15, 0.2) is 0 Å². The summed E-state index contributed by atoms with van der Waals surface area (Å²) < 4.78 is 37.9. The van der Waals surface area contributed by atoms with Gasteiger partial charge in [-0.15, -0.1) is 0 Å². The number of rotatable bonds is 6. The van der Waals surface area contributed by atoms with E-state index >= 15 is 0 Å². The third kappa shape index (κ3) is 3.79. The Kier molecular flexibility index (Phi) is 5.46. The fraction of sp³-hybridized carbons (Fsp3) is 0.261. The number of anilines is 1. The van der Waals surface area contributed by atoms with E-state index in [0.29, 0.717) is 49.9 Å². The number of carbonyl (C=O) groups excluding carboxylic acids is 1. The largest absolute Gasteiger partial charge is 0.467 e. The van der Waals surface area contributed by atoms with Crippen LogP contribution in [0.1, 0.15) is 27.8 Å². The van der Waals surface area contributed by atoms with Gasteiger partial charge in [-0.1, -0.05) is 18.2 Å². The fourth-order valence-corrected chi connectivity index (χ4v) is 5.48. The van der Waals surface area contributed by atoms with Gasteiger partial charge in [0.2, 0.25) is 10.0 Å². The molecule has 1 amide bonds. The van der Waals surface area contributed by atoms with Crippen LogP contribution in [0.3, 0.4) is 0 Å². The predicted octanol–water partition coefficient (Wildman–Crippen LogP) is 3.07. The number of sulfonamides is 1. The molecule has 1 N–H and O–H groups in total. The molecule has 3 heterocycles. The molecule has 9 heteroatoms. The Morgan fingerprint density at radius 2 is 1.72 bits per heavy atom. The van der Waals surface area contributed by atoms with Gasteiger partial charge in [0.25, 0.3) is 5.91 Å². The second-order valence-electron chi connectivity index (χ2n) is 7.69. The van der Waals surface area contributed by atoms with Crippen LogP contribution in [0.15, 0.2) is 76.2 Å². The molecule has 0 saturated carbocycles. The molecule has 1 fully saturated rings. The Morgan fingerprint density at radius 3 is 2.44 bits per heavy atom. The van der Waals surface area contributed by atoms with Crippen LogP contribution < -0.4 is 5.32 Å². The van der Waals surface area contributed by atoms with E-state index in [1.54, 1.807) is 41.5 Å². The number of hydrogen-bond donors (Lipinski definition) is 1. The second-order valence-corrected chi connectivity index (χ2v) is 9.63. The normalized spacial score (nSPS) is 19.2. The van der Waals surface area contributed by atoms with Gasteiger partial charge in [-0.05, 0) is 42.5 Å². The summed E-state index contributed by atoms with van der Waals surface area (Å²) in [5, 5.41) is 3.38. The molecular formula is C23H23N3O5S. The lowest BCUT2D eigenvalue weighted by atomic mass is 10.1. The minimum absolute atomic E-state index is 0.0824. The number of nitrogens with one attached hydrogen (secondary N) is 1. The number of hydrogen-bond acceptors (Lipinski definition) is 6. The van der Waals surface area contributed by atoms with E-state index in [9.17, 15) is 13.2 Å². The molecule has 2 aliphatic heterocycles. The zero-order valence-corrected chi connectivity index (χ0v) is 18.1. The van der Waals surface area contributed by atoms with Gasteiger partial charge in [0, 0.05) is 29.9 Å². The van der Waals surface area contributed by atoms with Crippen molar-refractivity contribution in [2.24, 2.45) is 0 Å². The monoisotopic (exact) mass is 453 g/mol. The van der Waals surface area contributed by atoms with Crippen molar-refractivity contribution in [2.45, 2.75) is 17.6 Å². The summed E-state index contributed by atoms with van der Waals surface area (Å²) in [6.45, 7) is 1.83. The maximum atomic E-state index is 13.0. The topological polar surface area (TPSA) is 92.1 Å². The van der Waals surface area contributed by atoms with Crippen LogP contribution in [0, 0.1) is 0 Å². The Labute approximate surface area is 186 Å². The summed E-state index contributed by atoms with van der Waals surface area (Å²) >= 11 is 0. The minimum atomic E-state index is -3.56. The van der Waals surface area contributed by atoms with E-state index in [1.807, 2.05) is 30.3 Å². The molecule has 5 rings (SSSR count). The fourth-order valence-electron chi connectivity index (χ4n) is 4.08. The maximum Gasteiger partial charge on any atom is 0.256 e. The predicted molar refractivity (Wildman–Crippen MR) is 117 cm³/mol. The molecule has 32 heavy (non-hydrogen) atoms. The zero-order chi connectivity index (χ0) is 22.1. The van der Waals surface area contributed by atoms with E-state index in [4.69, 9.17) is 9.15 Å². The lowest BCUT2D eigenvalue weighted by Gasteiger charge is -2.27. The number of morpholine rings is 1. The smallest absolute Gasteiger partial charge is 0.256 e. The van der Waals surface area contributed by atoms with Crippen molar-refractivity contribution in [3.05, 3.63) is 83.8 Å². The van der Waals surface area contributed by atoms with Crippen molar-refractivity contribution < 1.29 is 22.4 Å². The molecule has 0 radical (unpaired) electrons. The first-order valence-corrected chi connectivity index (χ1v) is 11.8. The molecule has 1 aromatic heterocycles. The van der Waals surface area contributed by atoms with Crippen molar-refractivity contribution in [1.29, 1.82) is 0 Å². The molecule has 2 aliphatic rings. The van der Waals surface area contributed by atoms with Crippen molar-refractivity contribution in [3.8, 4) is 0 Å². The van der Waals surface area contributed by atoms with Gasteiger partial charge in [-0.3, -0.25) is 4.79 Å². The quantitative estimate of drug-likeness (QED) is 0.617. The summed E-state index contributed by atoms with van der Waals surface area (Å²) in [5.41, 5.74) is 2.22. The SMILES string of the molecule is O=C1c2ccccc2[C@@H](Nc2ccc(S(=O)(=O)N3CCOCC3)cc2)N1Cc1ccco1. The zero-order valence-electron chi connectivity index (χ0n) is 17.3. The lowest BCUT2D eigenvalue weighted by molar-refractivity contribution is 0.0715. The van der Waals surface area contributed by atoms with Crippen molar-refractivity contribution in [3.63, 3.8) is 0 Å². The maximum absolute atomic E-state index is 13.0. The molecule has 0 bridgehead atoms. The lowest BCUT2D eigenvalue weighted by Crippen LogP contribution is -2.40. The van der Waals surface area contributed by atoms with Crippen LogP contribution in [0.2, 0.25) is 0 Å². The standard InChI is InChI=1S/C23H23N3O5S/c27-23-21-6-2-1-5-20(21)22(26(23)16-18-4-3-13-31-18)24-17-7-9-19(10-8-17)32(28,29)25-11-14-30-15-12-25/h1-10,13,22,24H,11-12,14-16H2/t22-/m0/s1. The number of ether oxygens (including phenoxy) is 1. The molecule has 0 aliphatic carbocycles. The van der Waals surface area contributed by atoms with Crippen LogP contribution in [0.25, 0.3) is 0 Å². The summed E-state index contributed by atoms with van der Waals surface area (Å²) in [7, 11) is -3.56. The number of fused-ring (bicyclic) bond motifs is 1. The highest BCUT2D eigenvalue weighted by Crippen LogP contribution is 2.35. The van der Waals surface area contributed by atoms with Gasteiger partial charge in [-0.2, -0.15) is 4.31 Å². The number of benzene rings is 2. The van der Waals surface area contributed by atoms with Crippen LogP contribution in [0.5, 0.6) is 0 Å². The number of carbonyl (C=O) groups is 1. The number of nitrogens with zero attached hydrogens (tertiary/aromatic N) is 2. The number of amides is 1. The third-order valence-corrected chi connectivity index (χ3v) is 7.64. The van der Waals surface area contributed by atoms with E-state index < -0.39 is 16.2 Å². The molecule has 166 valence electrons. The molecular weight excluding hydrogens is 430 g/mol. The average molecular weight is 454 g/mol. The highest BCUT2D eigenvalue weighted by molar-refractivity contribution is 7.89. The Hall–Kier alpha value is -3.14.